The Hall–Kier alpha value is -3.01. The van der Waals surface area contributed by atoms with Gasteiger partial charge in [-0.25, -0.2) is 4.79 Å². The maximum absolute atomic E-state index is 13.4. The molecule has 39 heavy (non-hydrogen) atoms. The van der Waals surface area contributed by atoms with Crippen LogP contribution in [0.25, 0.3) is 0 Å². The zero-order valence-corrected chi connectivity index (χ0v) is 23.2. The number of phenols is 1. The number of phenolic OH excluding ortho intramolecular Hbond substituents is 1. The summed E-state index contributed by atoms with van der Waals surface area (Å²) < 4.78 is -1.53. The lowest BCUT2D eigenvalue weighted by Crippen LogP contribution is -2.71. The van der Waals surface area contributed by atoms with E-state index in [1.54, 1.807) is 27.7 Å². The number of nitrogens with one attached hydrogen (secondary N) is 3. The van der Waals surface area contributed by atoms with Crippen molar-refractivity contribution in [3.8, 4) is 5.75 Å². The average Bonchev–Trinajstić information content (AvgIpc) is 3.31. The lowest BCUT2D eigenvalue weighted by atomic mass is 9.95. The van der Waals surface area contributed by atoms with Crippen molar-refractivity contribution in [1.82, 2.24) is 20.9 Å². The van der Waals surface area contributed by atoms with Crippen LogP contribution in [0.1, 0.15) is 39.3 Å². The van der Waals surface area contributed by atoms with E-state index in [2.05, 4.69) is 16.0 Å². The van der Waals surface area contributed by atoms with E-state index in [0.717, 1.165) is 0 Å². The quantitative estimate of drug-likeness (QED) is 0.192. The third kappa shape index (κ3) is 5.27. The van der Waals surface area contributed by atoms with Gasteiger partial charge in [-0.15, -0.1) is 23.5 Å². The fourth-order valence-corrected chi connectivity index (χ4v) is 8.12. The number of aliphatic carboxylic acids is 2. The number of carboxylic acids is 2. The third-order valence-corrected chi connectivity index (χ3v) is 10.2. The van der Waals surface area contributed by atoms with Crippen LogP contribution < -0.4 is 21.7 Å². The second-order valence-electron chi connectivity index (χ2n) is 10.7. The molecule has 1 aromatic carbocycles. The predicted molar refractivity (Wildman–Crippen MR) is 143 cm³/mol. The molecular formula is C24H31N5O8S2. The molecule has 15 heteroatoms. The van der Waals surface area contributed by atoms with Gasteiger partial charge in [-0.1, -0.05) is 12.1 Å². The van der Waals surface area contributed by atoms with E-state index >= 15 is 0 Å². The standard InChI is InChI=1S/C24H31N5O8S2/c1-23(2)14(21(34)35)28-18(38-23)11(25)16(31)26-12(9-5-7-10(30)8-6-9)17(32)27-13-19(33)29-15(22(36)37)24(3,4)39-20(13)29/h5-8,11-15,18,20,28,30H,25H2,1-4H3,(H,26,31)(H,27,32)(H,34,35)(H,36,37)/t11?,12-,13-,14+,15+,18?,20-/m1/s1. The number of carbonyl (C=O) groups is 5. The maximum Gasteiger partial charge on any atom is 0.327 e. The molecule has 7 atom stereocenters. The van der Waals surface area contributed by atoms with Crippen LogP contribution in [0.5, 0.6) is 5.75 Å². The lowest BCUT2D eigenvalue weighted by Gasteiger charge is -2.44. The van der Waals surface area contributed by atoms with E-state index in [0.29, 0.717) is 5.56 Å². The number of β-lactam (4-membered cyclic amide) rings is 1. The molecule has 0 spiro atoms. The van der Waals surface area contributed by atoms with Crippen LogP contribution in [0.15, 0.2) is 24.3 Å². The minimum absolute atomic E-state index is 0.0662. The van der Waals surface area contributed by atoms with E-state index in [4.69, 9.17) is 5.73 Å². The molecule has 0 aliphatic carbocycles. The van der Waals surface area contributed by atoms with Gasteiger partial charge in [0.25, 0.3) is 0 Å². The Morgan fingerprint density at radius 3 is 2.15 bits per heavy atom. The number of rotatable bonds is 8. The van der Waals surface area contributed by atoms with Crippen LogP contribution in [0.4, 0.5) is 0 Å². The van der Waals surface area contributed by atoms with E-state index in [1.807, 2.05) is 0 Å². The van der Waals surface area contributed by atoms with Crippen molar-refractivity contribution in [2.45, 2.75) is 78.1 Å². The second-order valence-corrected chi connectivity index (χ2v) is 14.3. The molecule has 212 valence electrons. The first-order chi connectivity index (χ1) is 18.0. The van der Waals surface area contributed by atoms with Crippen LogP contribution in [0.3, 0.4) is 0 Å². The van der Waals surface area contributed by atoms with Gasteiger partial charge in [0, 0.05) is 9.49 Å². The summed E-state index contributed by atoms with van der Waals surface area (Å²) in [6.45, 7) is 6.87. The SMILES string of the molecule is CC1(C)S[C@@H]2[C@H](NC(=O)[C@H](NC(=O)C(N)C3N[C@@H](C(=O)O)C(C)(C)S3)c3ccc(O)cc3)C(=O)N2[C@H]1C(=O)O. The highest BCUT2D eigenvalue weighted by Crippen LogP contribution is 2.50. The molecule has 3 fully saturated rings. The van der Waals surface area contributed by atoms with Gasteiger partial charge in [0.15, 0.2) is 0 Å². The van der Waals surface area contributed by atoms with Crippen molar-refractivity contribution in [3.05, 3.63) is 29.8 Å². The molecule has 1 aromatic rings. The molecule has 0 radical (unpaired) electrons. The summed E-state index contributed by atoms with van der Waals surface area (Å²) in [5.41, 5.74) is 6.48. The molecule has 3 aliphatic rings. The Morgan fingerprint density at radius 1 is 1.00 bits per heavy atom. The molecule has 3 aliphatic heterocycles. The first-order valence-electron chi connectivity index (χ1n) is 12.1. The van der Waals surface area contributed by atoms with E-state index in [1.165, 1.54) is 52.7 Å². The van der Waals surface area contributed by atoms with Gasteiger partial charge in [-0.2, -0.15) is 0 Å². The van der Waals surface area contributed by atoms with Crippen LogP contribution in [0.2, 0.25) is 0 Å². The van der Waals surface area contributed by atoms with E-state index < -0.39 is 80.1 Å². The van der Waals surface area contributed by atoms with Crippen molar-refractivity contribution < 1.29 is 39.3 Å². The number of amides is 3. The normalized spacial score (nSPS) is 30.0. The molecule has 2 unspecified atom stereocenters. The Labute approximate surface area is 232 Å². The van der Waals surface area contributed by atoms with Gasteiger partial charge in [-0.3, -0.25) is 24.5 Å². The number of carbonyl (C=O) groups excluding carboxylic acids is 3. The van der Waals surface area contributed by atoms with Gasteiger partial charge in [0.2, 0.25) is 17.7 Å². The molecule has 8 N–H and O–H groups in total. The molecular weight excluding hydrogens is 550 g/mol. The fourth-order valence-electron chi connectivity index (χ4n) is 5.06. The van der Waals surface area contributed by atoms with Crippen molar-refractivity contribution in [3.63, 3.8) is 0 Å². The Kier molecular flexibility index (Phi) is 7.57. The number of thioether (sulfide) groups is 2. The third-order valence-electron chi connectivity index (χ3n) is 7.08. The van der Waals surface area contributed by atoms with Crippen molar-refractivity contribution in [2.75, 3.05) is 0 Å². The molecule has 13 nitrogen and oxygen atoms in total. The summed E-state index contributed by atoms with van der Waals surface area (Å²) in [5, 5.41) is 35.5. The van der Waals surface area contributed by atoms with Gasteiger partial charge in [0.1, 0.15) is 41.3 Å². The minimum atomic E-state index is -1.31. The Balaban J connectivity index is 1.51. The van der Waals surface area contributed by atoms with Crippen LogP contribution in [-0.2, 0) is 24.0 Å². The first kappa shape index (κ1) is 29.0. The zero-order chi connectivity index (χ0) is 29.0. The first-order valence-corrected chi connectivity index (χ1v) is 13.9. The van der Waals surface area contributed by atoms with Gasteiger partial charge < -0.3 is 36.6 Å². The van der Waals surface area contributed by atoms with Crippen LogP contribution in [0, 0.1) is 0 Å². The summed E-state index contributed by atoms with van der Waals surface area (Å²) >= 11 is 2.46. The van der Waals surface area contributed by atoms with Crippen LogP contribution >= 0.6 is 23.5 Å². The fraction of sp³-hybridized carbons (Fsp3) is 0.542. The number of nitrogens with zero attached hydrogens (tertiary/aromatic N) is 1. The monoisotopic (exact) mass is 581 g/mol. The summed E-state index contributed by atoms with van der Waals surface area (Å²) in [7, 11) is 0. The lowest BCUT2D eigenvalue weighted by molar-refractivity contribution is -0.161. The maximum atomic E-state index is 13.4. The summed E-state index contributed by atoms with van der Waals surface area (Å²) in [5.74, 6) is -4.29. The largest absolute Gasteiger partial charge is 0.508 e. The second kappa shape index (κ2) is 10.2. The number of benzene rings is 1. The number of carboxylic acid groups (broad SMARTS) is 2. The molecule has 0 saturated carbocycles. The summed E-state index contributed by atoms with van der Waals surface area (Å²) in [4.78, 5) is 64.1. The Morgan fingerprint density at radius 2 is 1.62 bits per heavy atom. The summed E-state index contributed by atoms with van der Waals surface area (Å²) in [6.07, 6.45) is 0. The summed E-state index contributed by atoms with van der Waals surface area (Å²) in [6, 6.07) is -0.00380. The number of hydrogen-bond acceptors (Lipinski definition) is 10. The van der Waals surface area contributed by atoms with Gasteiger partial charge in [0.05, 0.1) is 5.37 Å². The highest BCUT2D eigenvalue weighted by molar-refractivity contribution is 8.02. The average molecular weight is 582 g/mol. The molecule has 0 bridgehead atoms. The number of fused-ring (bicyclic) bond motifs is 1. The van der Waals surface area contributed by atoms with Gasteiger partial charge >= 0.3 is 11.9 Å². The smallest absolute Gasteiger partial charge is 0.327 e. The topological polar surface area (TPSA) is 211 Å². The van der Waals surface area contributed by atoms with Crippen molar-refractivity contribution in [1.29, 1.82) is 0 Å². The van der Waals surface area contributed by atoms with E-state index in [-0.39, 0.29) is 5.75 Å². The predicted octanol–water partition coefficient (Wildman–Crippen LogP) is -0.597. The Bertz CT molecular complexity index is 1210. The molecule has 3 saturated heterocycles. The van der Waals surface area contributed by atoms with Gasteiger partial charge in [-0.05, 0) is 45.4 Å². The van der Waals surface area contributed by atoms with Crippen molar-refractivity contribution in [2.24, 2.45) is 5.73 Å². The minimum Gasteiger partial charge on any atom is -0.508 e. The molecule has 3 heterocycles. The van der Waals surface area contributed by atoms with Crippen LogP contribution in [-0.4, -0.2) is 94.3 Å². The highest BCUT2D eigenvalue weighted by atomic mass is 32.2. The molecule has 0 aromatic heterocycles. The number of aromatic hydroxyl groups is 1. The number of nitrogens with two attached hydrogens (primary N) is 1. The number of hydrogen-bond donors (Lipinski definition) is 7. The molecule has 3 amide bonds. The highest BCUT2D eigenvalue weighted by Gasteiger charge is 2.64. The van der Waals surface area contributed by atoms with E-state index in [9.17, 15) is 39.3 Å². The van der Waals surface area contributed by atoms with Crippen molar-refractivity contribution >= 4 is 53.2 Å². The molecule has 4 rings (SSSR count). The zero-order valence-electron chi connectivity index (χ0n) is 21.6.